The summed E-state index contributed by atoms with van der Waals surface area (Å²) in [6.07, 6.45) is 3.62. The smallest absolute Gasteiger partial charge is 0.162 e. The normalized spacial score (nSPS) is 18.2. The van der Waals surface area contributed by atoms with Gasteiger partial charge in [-0.05, 0) is 37.4 Å². The van der Waals surface area contributed by atoms with Gasteiger partial charge in [-0.15, -0.1) is 11.3 Å². The first-order chi connectivity index (χ1) is 9.86. The predicted molar refractivity (Wildman–Crippen MR) is 82.2 cm³/mol. The van der Waals surface area contributed by atoms with Crippen LogP contribution in [0.15, 0.2) is 12.1 Å². The van der Waals surface area contributed by atoms with Gasteiger partial charge in [0.25, 0.3) is 0 Å². The lowest BCUT2D eigenvalue weighted by molar-refractivity contribution is 0.297. The van der Waals surface area contributed by atoms with Crippen LogP contribution in [0, 0.1) is 0 Å². The first kappa shape index (κ1) is 12.5. The monoisotopic (exact) mass is 289 g/mol. The Kier molecular flexibility index (Phi) is 3.08. The Labute approximate surface area is 122 Å². The topological polar surface area (TPSA) is 30.5 Å². The van der Waals surface area contributed by atoms with Crippen LogP contribution < -0.4 is 14.8 Å². The minimum atomic E-state index is 0.753. The van der Waals surface area contributed by atoms with E-state index in [0.717, 1.165) is 43.6 Å². The number of ether oxygens (including phenoxy) is 2. The zero-order valence-electron chi connectivity index (χ0n) is 11.7. The molecule has 0 spiro atoms. The SMILES string of the molecule is CNCc1sc2cc3c(cc2c1C1CC1)OCCCO3. The molecule has 0 bridgehead atoms. The molecule has 3 nitrogen and oxygen atoms in total. The number of nitrogens with one attached hydrogen (secondary N) is 1. The molecule has 0 amide bonds. The van der Waals surface area contributed by atoms with Crippen LogP contribution in [-0.4, -0.2) is 20.3 Å². The van der Waals surface area contributed by atoms with Gasteiger partial charge in [0.1, 0.15) is 0 Å². The molecule has 1 saturated carbocycles. The largest absolute Gasteiger partial charge is 0.490 e. The summed E-state index contributed by atoms with van der Waals surface area (Å²) in [7, 11) is 2.02. The molecule has 1 aromatic carbocycles. The lowest BCUT2D eigenvalue weighted by Crippen LogP contribution is -2.04. The van der Waals surface area contributed by atoms with Gasteiger partial charge in [0.05, 0.1) is 13.2 Å². The van der Waals surface area contributed by atoms with E-state index in [4.69, 9.17) is 9.47 Å². The molecule has 0 atom stereocenters. The Bertz CT molecular complexity index is 645. The second kappa shape index (κ2) is 4.93. The summed E-state index contributed by atoms with van der Waals surface area (Å²) in [5.41, 5.74) is 1.55. The minimum absolute atomic E-state index is 0.753. The van der Waals surface area contributed by atoms with Crippen molar-refractivity contribution in [3.8, 4) is 11.5 Å². The van der Waals surface area contributed by atoms with Gasteiger partial charge in [-0.1, -0.05) is 0 Å². The molecule has 0 unspecified atom stereocenters. The second-order valence-corrected chi connectivity index (χ2v) is 6.73. The number of rotatable bonds is 3. The van der Waals surface area contributed by atoms with E-state index < -0.39 is 0 Å². The van der Waals surface area contributed by atoms with Crippen molar-refractivity contribution in [3.05, 3.63) is 22.6 Å². The van der Waals surface area contributed by atoms with E-state index in [9.17, 15) is 0 Å². The number of hydrogen-bond donors (Lipinski definition) is 1. The Morgan fingerprint density at radius 3 is 2.65 bits per heavy atom. The van der Waals surface area contributed by atoms with E-state index in [1.807, 2.05) is 18.4 Å². The molecule has 20 heavy (non-hydrogen) atoms. The van der Waals surface area contributed by atoms with Crippen molar-refractivity contribution in [1.82, 2.24) is 5.32 Å². The van der Waals surface area contributed by atoms with Crippen molar-refractivity contribution < 1.29 is 9.47 Å². The third kappa shape index (κ3) is 2.07. The molecule has 1 aliphatic heterocycles. The molecule has 1 fully saturated rings. The Morgan fingerprint density at radius 1 is 1.20 bits per heavy atom. The van der Waals surface area contributed by atoms with E-state index >= 15 is 0 Å². The molecule has 0 saturated heterocycles. The van der Waals surface area contributed by atoms with Gasteiger partial charge in [-0.3, -0.25) is 0 Å². The van der Waals surface area contributed by atoms with E-state index in [0.29, 0.717) is 0 Å². The summed E-state index contributed by atoms with van der Waals surface area (Å²) < 4.78 is 13.0. The highest BCUT2D eigenvalue weighted by Gasteiger charge is 2.30. The zero-order valence-corrected chi connectivity index (χ0v) is 12.5. The Balaban J connectivity index is 1.88. The lowest BCUT2D eigenvalue weighted by atomic mass is 10.1. The fourth-order valence-corrected chi connectivity index (χ4v) is 4.25. The van der Waals surface area contributed by atoms with Gasteiger partial charge in [0.2, 0.25) is 0 Å². The fourth-order valence-electron chi connectivity index (χ4n) is 2.93. The number of fused-ring (bicyclic) bond motifs is 2. The van der Waals surface area contributed by atoms with E-state index in [2.05, 4.69) is 17.4 Å². The number of hydrogen-bond acceptors (Lipinski definition) is 4. The number of benzene rings is 1. The molecular weight excluding hydrogens is 270 g/mol. The Morgan fingerprint density at radius 2 is 1.95 bits per heavy atom. The third-order valence-electron chi connectivity index (χ3n) is 4.00. The summed E-state index contributed by atoms with van der Waals surface area (Å²) in [5.74, 6) is 2.59. The molecule has 1 aliphatic carbocycles. The molecule has 106 valence electrons. The van der Waals surface area contributed by atoms with Crippen molar-refractivity contribution in [3.63, 3.8) is 0 Å². The summed E-state index contributed by atoms with van der Waals surface area (Å²) in [6.45, 7) is 2.46. The summed E-state index contributed by atoms with van der Waals surface area (Å²) >= 11 is 1.90. The van der Waals surface area contributed by atoms with Gasteiger partial charge < -0.3 is 14.8 Å². The average molecular weight is 289 g/mol. The molecule has 0 radical (unpaired) electrons. The Hall–Kier alpha value is -1.26. The standard InChI is InChI=1S/C16H19NO2S/c1-17-9-15-16(10-3-4-10)11-7-12-13(8-14(11)20-15)19-6-2-5-18-12/h7-8,10,17H,2-6,9H2,1H3. The van der Waals surface area contributed by atoms with Crippen LogP contribution in [-0.2, 0) is 6.54 Å². The molecule has 2 aromatic rings. The summed E-state index contributed by atoms with van der Waals surface area (Å²) in [6, 6.07) is 4.38. The van der Waals surface area contributed by atoms with Crippen LogP contribution in [0.3, 0.4) is 0 Å². The number of thiophene rings is 1. The molecule has 2 heterocycles. The van der Waals surface area contributed by atoms with Crippen molar-refractivity contribution in [1.29, 1.82) is 0 Å². The van der Waals surface area contributed by atoms with Crippen LogP contribution in [0.5, 0.6) is 11.5 Å². The van der Waals surface area contributed by atoms with Crippen LogP contribution in [0.25, 0.3) is 10.1 Å². The highest BCUT2D eigenvalue weighted by molar-refractivity contribution is 7.19. The van der Waals surface area contributed by atoms with Gasteiger partial charge in [0.15, 0.2) is 11.5 Å². The van der Waals surface area contributed by atoms with Crippen LogP contribution in [0.4, 0.5) is 0 Å². The first-order valence-corrected chi connectivity index (χ1v) is 8.18. The lowest BCUT2D eigenvalue weighted by Gasteiger charge is -2.08. The molecule has 1 aromatic heterocycles. The third-order valence-corrected chi connectivity index (χ3v) is 5.16. The molecule has 2 aliphatic rings. The van der Waals surface area contributed by atoms with Crippen molar-refractivity contribution >= 4 is 21.4 Å². The second-order valence-electron chi connectivity index (χ2n) is 5.59. The molecular formula is C16H19NO2S. The van der Waals surface area contributed by atoms with Crippen molar-refractivity contribution in [2.75, 3.05) is 20.3 Å². The van der Waals surface area contributed by atoms with Gasteiger partial charge >= 0.3 is 0 Å². The first-order valence-electron chi connectivity index (χ1n) is 7.36. The minimum Gasteiger partial charge on any atom is -0.490 e. The van der Waals surface area contributed by atoms with E-state index in [-0.39, 0.29) is 0 Å². The zero-order chi connectivity index (χ0) is 13.5. The fraction of sp³-hybridized carbons (Fsp3) is 0.500. The van der Waals surface area contributed by atoms with Gasteiger partial charge in [-0.2, -0.15) is 0 Å². The molecule has 4 heteroatoms. The van der Waals surface area contributed by atoms with Crippen molar-refractivity contribution in [2.24, 2.45) is 0 Å². The highest BCUT2D eigenvalue weighted by Crippen LogP contribution is 2.50. The van der Waals surface area contributed by atoms with Crippen molar-refractivity contribution in [2.45, 2.75) is 31.7 Å². The van der Waals surface area contributed by atoms with Crippen LogP contribution >= 0.6 is 11.3 Å². The van der Waals surface area contributed by atoms with Crippen LogP contribution in [0.2, 0.25) is 0 Å². The van der Waals surface area contributed by atoms with Gasteiger partial charge in [0, 0.05) is 34.0 Å². The molecule has 1 N–H and O–H groups in total. The quantitative estimate of drug-likeness (QED) is 0.935. The van der Waals surface area contributed by atoms with Crippen LogP contribution in [0.1, 0.15) is 35.6 Å². The van der Waals surface area contributed by atoms with E-state index in [1.165, 1.54) is 27.8 Å². The van der Waals surface area contributed by atoms with Gasteiger partial charge in [-0.25, -0.2) is 0 Å². The summed E-state index contributed by atoms with van der Waals surface area (Å²) in [4.78, 5) is 1.48. The predicted octanol–water partition coefficient (Wildman–Crippen LogP) is 3.66. The van der Waals surface area contributed by atoms with E-state index in [1.54, 1.807) is 5.56 Å². The maximum absolute atomic E-state index is 5.84. The highest BCUT2D eigenvalue weighted by atomic mass is 32.1. The average Bonchev–Trinajstić information content (AvgIpc) is 3.23. The maximum Gasteiger partial charge on any atom is 0.162 e. The molecule has 4 rings (SSSR count). The summed E-state index contributed by atoms with van der Waals surface area (Å²) in [5, 5.41) is 4.68. The maximum atomic E-state index is 5.84.